The van der Waals surface area contributed by atoms with Crippen LogP contribution < -0.4 is 0 Å². The fraction of sp³-hybridized carbons (Fsp3) is 0.906. The maximum atomic E-state index is 12.6. The third-order valence-electron chi connectivity index (χ3n) is 7.60. The van der Waals surface area contributed by atoms with Gasteiger partial charge >= 0.3 is 7.60 Å². The fourth-order valence-corrected chi connectivity index (χ4v) is 6.12. The number of hydrogen-bond acceptors (Lipinski definition) is 6. The van der Waals surface area contributed by atoms with E-state index < -0.39 is 13.7 Å². The molecular weight excluding hydrogens is 539 g/mol. The van der Waals surface area contributed by atoms with Gasteiger partial charge in [0, 0.05) is 12.2 Å². The van der Waals surface area contributed by atoms with E-state index in [1.165, 1.54) is 89.9 Å². The SMILES string of the molecule is CCCCCCCCCCCCCCCCCCOC(COCc1c(C)noc1C)COP(=O)(O)CC[N+](C)(C)C. The molecule has 1 N–H and O–H groups in total. The van der Waals surface area contributed by atoms with E-state index >= 15 is 0 Å². The maximum absolute atomic E-state index is 12.6. The Morgan fingerprint density at radius 1 is 0.829 bits per heavy atom. The molecule has 1 heterocycles. The molecule has 0 amide bonds. The second-order valence-electron chi connectivity index (χ2n) is 12.8. The van der Waals surface area contributed by atoms with Gasteiger partial charge in [-0.15, -0.1) is 0 Å². The molecule has 1 aromatic heterocycles. The third kappa shape index (κ3) is 21.6. The first-order valence-corrected chi connectivity index (χ1v) is 18.2. The summed E-state index contributed by atoms with van der Waals surface area (Å²) in [6.07, 6.45) is 21.0. The predicted molar refractivity (Wildman–Crippen MR) is 168 cm³/mol. The fourth-order valence-electron chi connectivity index (χ4n) is 4.74. The van der Waals surface area contributed by atoms with Gasteiger partial charge in [-0.3, -0.25) is 4.57 Å². The van der Waals surface area contributed by atoms with E-state index in [0.29, 0.717) is 24.2 Å². The molecule has 2 unspecified atom stereocenters. The summed E-state index contributed by atoms with van der Waals surface area (Å²) in [6.45, 7) is 7.85. The maximum Gasteiger partial charge on any atom is 0.333 e. The lowest BCUT2D eigenvalue weighted by molar-refractivity contribution is -0.867. The van der Waals surface area contributed by atoms with Crippen LogP contribution in [0.15, 0.2) is 4.52 Å². The molecule has 0 aliphatic rings. The highest BCUT2D eigenvalue weighted by molar-refractivity contribution is 7.52. The zero-order valence-corrected chi connectivity index (χ0v) is 28.4. The highest BCUT2D eigenvalue weighted by Gasteiger charge is 2.25. The molecular formula is C32H64N2O6P+. The van der Waals surface area contributed by atoms with Gasteiger partial charge in [-0.1, -0.05) is 108 Å². The Balaban J connectivity index is 2.21. The van der Waals surface area contributed by atoms with Crippen LogP contribution in [0.1, 0.15) is 127 Å². The van der Waals surface area contributed by atoms with Crippen molar-refractivity contribution < 1.29 is 32.5 Å². The molecule has 9 heteroatoms. The molecule has 0 spiro atoms. The van der Waals surface area contributed by atoms with Crippen molar-refractivity contribution in [2.24, 2.45) is 0 Å². The van der Waals surface area contributed by atoms with Crippen LogP contribution in [0, 0.1) is 13.8 Å². The lowest BCUT2D eigenvalue weighted by atomic mass is 10.0. The molecule has 2 atom stereocenters. The Bertz CT molecular complexity index is 791. The Labute approximate surface area is 252 Å². The molecule has 0 fully saturated rings. The van der Waals surface area contributed by atoms with Crippen LogP contribution in [0.2, 0.25) is 0 Å². The highest BCUT2D eigenvalue weighted by atomic mass is 31.2. The van der Waals surface area contributed by atoms with E-state index in [0.717, 1.165) is 29.9 Å². The van der Waals surface area contributed by atoms with Crippen molar-refractivity contribution in [3.8, 4) is 0 Å². The van der Waals surface area contributed by atoms with Crippen molar-refractivity contribution in [3.05, 3.63) is 17.0 Å². The Morgan fingerprint density at radius 3 is 1.80 bits per heavy atom. The molecule has 0 aromatic carbocycles. The van der Waals surface area contributed by atoms with Crippen LogP contribution in [0.4, 0.5) is 0 Å². The van der Waals surface area contributed by atoms with Crippen LogP contribution in [-0.4, -0.2) is 74.3 Å². The number of hydrogen-bond donors (Lipinski definition) is 1. The summed E-state index contributed by atoms with van der Waals surface area (Å²) in [4.78, 5) is 10.3. The molecule has 1 rings (SSSR count). The van der Waals surface area contributed by atoms with Gasteiger partial charge in [-0.05, 0) is 20.3 Å². The minimum Gasteiger partial charge on any atom is -0.374 e. The number of nitrogens with zero attached hydrogens (tertiary/aromatic N) is 2. The summed E-state index contributed by atoms with van der Waals surface area (Å²) in [7, 11) is 2.29. The Morgan fingerprint density at radius 2 is 1.34 bits per heavy atom. The van der Waals surface area contributed by atoms with Gasteiger partial charge in [0.2, 0.25) is 0 Å². The van der Waals surface area contributed by atoms with E-state index in [9.17, 15) is 9.46 Å². The summed E-state index contributed by atoms with van der Waals surface area (Å²) in [6, 6.07) is 0. The van der Waals surface area contributed by atoms with Gasteiger partial charge in [-0.2, -0.15) is 0 Å². The molecule has 0 saturated carbocycles. The van der Waals surface area contributed by atoms with E-state index in [1.54, 1.807) is 0 Å². The quantitative estimate of drug-likeness (QED) is 0.0584. The molecule has 41 heavy (non-hydrogen) atoms. The summed E-state index contributed by atoms with van der Waals surface area (Å²) >= 11 is 0. The molecule has 0 bridgehead atoms. The third-order valence-corrected chi connectivity index (χ3v) is 8.92. The van der Waals surface area contributed by atoms with E-state index in [-0.39, 0.29) is 19.4 Å². The van der Waals surface area contributed by atoms with Gasteiger partial charge in [0.05, 0.1) is 59.4 Å². The molecule has 1 aromatic rings. The molecule has 0 aliphatic carbocycles. The van der Waals surface area contributed by atoms with Crippen LogP contribution in [0.25, 0.3) is 0 Å². The minimum atomic E-state index is -3.69. The first-order chi connectivity index (χ1) is 19.5. The highest BCUT2D eigenvalue weighted by Crippen LogP contribution is 2.42. The normalized spacial score (nSPS) is 14.4. The largest absolute Gasteiger partial charge is 0.374 e. The van der Waals surface area contributed by atoms with Crippen molar-refractivity contribution in [2.45, 2.75) is 136 Å². The van der Waals surface area contributed by atoms with Gasteiger partial charge in [0.1, 0.15) is 11.9 Å². The first-order valence-electron chi connectivity index (χ1n) is 16.4. The molecule has 0 aliphatic heterocycles. The van der Waals surface area contributed by atoms with Gasteiger partial charge < -0.3 is 27.9 Å². The molecule has 0 radical (unpaired) electrons. The predicted octanol–water partition coefficient (Wildman–Crippen LogP) is 8.36. The Hall–Kier alpha value is -0.760. The zero-order chi connectivity index (χ0) is 30.4. The average molecular weight is 604 g/mol. The van der Waals surface area contributed by atoms with Gasteiger partial charge in [0.25, 0.3) is 0 Å². The second kappa shape index (κ2) is 22.7. The van der Waals surface area contributed by atoms with Crippen LogP contribution >= 0.6 is 7.60 Å². The number of aromatic nitrogens is 1. The number of quaternary nitrogens is 1. The topological polar surface area (TPSA) is 91.0 Å². The van der Waals surface area contributed by atoms with Gasteiger partial charge in [0.15, 0.2) is 0 Å². The molecule has 8 nitrogen and oxygen atoms in total. The van der Waals surface area contributed by atoms with Crippen LogP contribution in [-0.2, 0) is 25.2 Å². The Kier molecular flexibility index (Phi) is 21.2. The lowest BCUT2D eigenvalue weighted by Crippen LogP contribution is -2.37. The van der Waals surface area contributed by atoms with Crippen molar-refractivity contribution >= 4 is 7.60 Å². The summed E-state index contributed by atoms with van der Waals surface area (Å²) in [5.74, 6) is 0.740. The number of aryl methyl sites for hydroxylation is 2. The van der Waals surface area contributed by atoms with Crippen molar-refractivity contribution in [1.29, 1.82) is 0 Å². The summed E-state index contributed by atoms with van der Waals surface area (Å²) < 4.78 is 35.8. The van der Waals surface area contributed by atoms with E-state index in [2.05, 4.69) is 12.1 Å². The molecule has 0 saturated heterocycles. The van der Waals surface area contributed by atoms with Gasteiger partial charge in [-0.25, -0.2) is 0 Å². The number of rotatable bonds is 28. The lowest BCUT2D eigenvalue weighted by Gasteiger charge is -2.25. The van der Waals surface area contributed by atoms with Crippen LogP contribution in [0.3, 0.4) is 0 Å². The smallest absolute Gasteiger partial charge is 0.333 e. The van der Waals surface area contributed by atoms with Crippen LogP contribution in [0.5, 0.6) is 0 Å². The van der Waals surface area contributed by atoms with Crippen molar-refractivity contribution in [3.63, 3.8) is 0 Å². The second-order valence-corrected chi connectivity index (χ2v) is 14.8. The first kappa shape index (κ1) is 38.3. The number of unbranched alkanes of at least 4 members (excludes halogenated alkanes) is 15. The minimum absolute atomic E-state index is 0.0331. The van der Waals surface area contributed by atoms with Crippen molar-refractivity contribution in [1.82, 2.24) is 5.16 Å². The standard InChI is InChI=1S/C32H63N2O6P/c1-7-8-9-10-11-12-13-14-15-16-17-18-19-20-21-22-24-38-31(26-37-28-32-29(2)33-40-30(32)3)27-39-41(35,36)25-23-34(4,5)6/h31H,7-28H2,1-6H3/p+1. The van der Waals surface area contributed by atoms with Crippen molar-refractivity contribution in [2.75, 3.05) is 53.7 Å². The summed E-state index contributed by atoms with van der Waals surface area (Å²) in [5, 5.41) is 3.97. The zero-order valence-electron chi connectivity index (χ0n) is 27.5. The average Bonchev–Trinajstić information content (AvgIpc) is 3.24. The summed E-state index contributed by atoms with van der Waals surface area (Å²) in [5.41, 5.74) is 1.74. The van der Waals surface area contributed by atoms with E-state index in [1.807, 2.05) is 35.0 Å². The van der Waals surface area contributed by atoms with E-state index in [4.69, 9.17) is 18.5 Å². The molecule has 242 valence electrons. The number of ether oxygens (including phenoxy) is 2. The monoisotopic (exact) mass is 603 g/mol.